The van der Waals surface area contributed by atoms with Gasteiger partial charge in [0.2, 0.25) is 16.4 Å². The van der Waals surface area contributed by atoms with Crippen LogP contribution in [-0.4, -0.2) is 113 Å². The highest BCUT2D eigenvalue weighted by Gasteiger charge is 2.29. The van der Waals surface area contributed by atoms with Crippen molar-refractivity contribution < 1.29 is 17.9 Å². The number of piperazine rings is 1. The quantitative estimate of drug-likeness (QED) is 0.422. The average molecular weight is 567 g/mol. The Labute approximate surface area is 238 Å². The number of likely N-dealkylation sites (tertiary alicyclic amines) is 1. The van der Waals surface area contributed by atoms with Gasteiger partial charge in [0.05, 0.1) is 4.90 Å². The molecule has 8 nitrogen and oxygen atoms in total. The molecule has 1 aromatic rings. The highest BCUT2D eigenvalue weighted by Crippen LogP contribution is 2.27. The average Bonchev–Trinajstić information content (AvgIpc) is 3.50. The standard InChI is InChI=1S/C14H21NO2S.C13H25N3O.C3H8O/c1-4-13-9-11(2)14(12(3)10-13)18(16,17)15-7-5-6-8-15;17-13-16-11-9-15(10-12-16)8-4-7-14-5-2-1-3-6-14;1-3-4-2/h9-10H,4-8H2,1-3H3;13H,1-12H2;3H2,1-2H3. The van der Waals surface area contributed by atoms with Crippen LogP contribution in [0.25, 0.3) is 0 Å². The fourth-order valence-corrected chi connectivity index (χ4v) is 7.43. The number of carbonyl (C=O) groups is 1. The second-order valence-electron chi connectivity index (χ2n) is 10.8. The van der Waals surface area contributed by atoms with Gasteiger partial charge in [0.25, 0.3) is 0 Å². The summed E-state index contributed by atoms with van der Waals surface area (Å²) in [4.78, 5) is 18.1. The Bertz CT molecular complexity index is 911. The molecule has 0 unspecified atom stereocenters. The maximum atomic E-state index is 12.6. The molecule has 1 amide bonds. The van der Waals surface area contributed by atoms with Crippen molar-refractivity contribution in [2.24, 2.45) is 0 Å². The van der Waals surface area contributed by atoms with Crippen LogP contribution < -0.4 is 0 Å². The first-order valence-electron chi connectivity index (χ1n) is 15.0. The van der Waals surface area contributed by atoms with Crippen LogP contribution >= 0.6 is 0 Å². The van der Waals surface area contributed by atoms with Gasteiger partial charge in [-0.05, 0) is 102 Å². The third-order valence-electron chi connectivity index (χ3n) is 7.83. The van der Waals surface area contributed by atoms with Crippen LogP contribution in [0.2, 0.25) is 0 Å². The molecule has 3 aliphatic rings. The van der Waals surface area contributed by atoms with E-state index in [0.29, 0.717) is 18.0 Å². The second-order valence-corrected chi connectivity index (χ2v) is 12.7. The predicted octanol–water partition coefficient (Wildman–Crippen LogP) is 3.94. The number of nitrogens with zero attached hydrogens (tertiary/aromatic N) is 4. The van der Waals surface area contributed by atoms with Gasteiger partial charge in [-0.1, -0.05) is 25.5 Å². The molecule has 4 rings (SSSR count). The summed E-state index contributed by atoms with van der Waals surface area (Å²) in [6, 6.07) is 3.99. The Hall–Kier alpha value is -1.52. The molecule has 3 heterocycles. The van der Waals surface area contributed by atoms with Gasteiger partial charge in [-0.2, -0.15) is 4.31 Å². The summed E-state index contributed by atoms with van der Waals surface area (Å²) in [5.41, 5.74) is 2.95. The molecular weight excluding hydrogens is 512 g/mol. The predicted molar refractivity (Wildman–Crippen MR) is 160 cm³/mol. The van der Waals surface area contributed by atoms with Crippen molar-refractivity contribution in [2.45, 2.75) is 77.5 Å². The lowest BCUT2D eigenvalue weighted by molar-refractivity contribution is -0.119. The van der Waals surface area contributed by atoms with E-state index in [1.807, 2.05) is 37.8 Å². The van der Waals surface area contributed by atoms with Gasteiger partial charge in [0, 0.05) is 53.0 Å². The summed E-state index contributed by atoms with van der Waals surface area (Å²) in [7, 11) is -1.61. The number of sulfonamides is 1. The van der Waals surface area contributed by atoms with Gasteiger partial charge in [-0.3, -0.25) is 9.69 Å². The normalized spacial score (nSPS) is 19.2. The van der Waals surface area contributed by atoms with Gasteiger partial charge < -0.3 is 14.5 Å². The molecule has 0 aliphatic carbocycles. The van der Waals surface area contributed by atoms with Crippen molar-refractivity contribution in [2.75, 3.05) is 79.2 Å². The molecule has 3 saturated heterocycles. The van der Waals surface area contributed by atoms with Crippen molar-refractivity contribution in [1.82, 2.24) is 19.0 Å². The fraction of sp³-hybridized carbons (Fsp3) is 0.767. The third-order valence-corrected chi connectivity index (χ3v) is 10.0. The molecule has 0 N–H and O–H groups in total. The van der Waals surface area contributed by atoms with Gasteiger partial charge in [0.15, 0.2) is 0 Å². The number of hydrogen-bond acceptors (Lipinski definition) is 6. The smallest absolute Gasteiger partial charge is 0.243 e. The van der Waals surface area contributed by atoms with E-state index in [2.05, 4.69) is 21.5 Å². The first-order valence-corrected chi connectivity index (χ1v) is 16.4. The molecule has 3 aliphatic heterocycles. The van der Waals surface area contributed by atoms with E-state index in [1.54, 1.807) is 11.4 Å². The number of aryl methyl sites for hydroxylation is 3. The van der Waals surface area contributed by atoms with E-state index in [4.69, 9.17) is 0 Å². The lowest BCUT2D eigenvalue weighted by atomic mass is 10.1. The number of piperidine rings is 1. The monoisotopic (exact) mass is 566 g/mol. The Morgan fingerprint density at radius 1 is 0.795 bits per heavy atom. The van der Waals surface area contributed by atoms with Crippen LogP contribution in [0.1, 0.15) is 69.1 Å². The Morgan fingerprint density at radius 2 is 1.28 bits per heavy atom. The van der Waals surface area contributed by atoms with Crippen molar-refractivity contribution in [1.29, 1.82) is 0 Å². The minimum atomic E-state index is -3.29. The molecule has 224 valence electrons. The van der Waals surface area contributed by atoms with Crippen LogP contribution in [0.15, 0.2) is 17.0 Å². The zero-order valence-electron chi connectivity index (χ0n) is 25.3. The van der Waals surface area contributed by atoms with Crippen LogP contribution in [0, 0.1) is 13.8 Å². The number of benzene rings is 1. The summed E-state index contributed by atoms with van der Waals surface area (Å²) >= 11 is 0. The van der Waals surface area contributed by atoms with Crippen molar-refractivity contribution >= 4 is 16.4 Å². The van der Waals surface area contributed by atoms with Gasteiger partial charge in [-0.15, -0.1) is 0 Å². The summed E-state index contributed by atoms with van der Waals surface area (Å²) in [6.07, 6.45) is 9.34. The molecule has 0 aromatic heterocycles. The van der Waals surface area contributed by atoms with Gasteiger partial charge in [-0.25, -0.2) is 8.42 Å². The first-order chi connectivity index (χ1) is 18.8. The second kappa shape index (κ2) is 18.0. The maximum Gasteiger partial charge on any atom is 0.243 e. The summed E-state index contributed by atoms with van der Waals surface area (Å²) < 4.78 is 31.4. The zero-order valence-corrected chi connectivity index (χ0v) is 26.1. The summed E-state index contributed by atoms with van der Waals surface area (Å²) in [5.74, 6) is 0. The lowest BCUT2D eigenvalue weighted by Crippen LogP contribution is -2.46. The van der Waals surface area contributed by atoms with Crippen LogP contribution in [-0.2, 0) is 26.0 Å². The van der Waals surface area contributed by atoms with Gasteiger partial charge >= 0.3 is 0 Å². The number of methoxy groups -OCH3 is 1. The molecule has 39 heavy (non-hydrogen) atoms. The SMILES string of the molecule is CCOC.CCc1cc(C)c(S(=O)(=O)N2CCCC2)c(C)c1.O=CN1CCN(CCCN2CCCCC2)CC1. The van der Waals surface area contributed by atoms with Crippen molar-refractivity contribution in [3.63, 3.8) is 0 Å². The van der Waals surface area contributed by atoms with Crippen molar-refractivity contribution in [3.8, 4) is 0 Å². The number of amides is 1. The highest BCUT2D eigenvalue weighted by molar-refractivity contribution is 7.89. The van der Waals surface area contributed by atoms with Gasteiger partial charge in [0.1, 0.15) is 0 Å². The molecule has 0 saturated carbocycles. The number of rotatable bonds is 9. The first kappa shape index (κ1) is 33.7. The Morgan fingerprint density at radius 3 is 1.74 bits per heavy atom. The largest absolute Gasteiger partial charge is 0.385 e. The molecule has 9 heteroatoms. The summed E-state index contributed by atoms with van der Waals surface area (Å²) in [6.45, 7) is 19.0. The number of ether oxygens (including phenoxy) is 1. The minimum Gasteiger partial charge on any atom is -0.385 e. The van der Waals surface area contributed by atoms with Crippen LogP contribution in [0.5, 0.6) is 0 Å². The molecule has 0 bridgehead atoms. The Kier molecular flexibility index (Phi) is 15.6. The van der Waals surface area contributed by atoms with E-state index in [-0.39, 0.29) is 0 Å². The number of hydrogen-bond donors (Lipinski definition) is 0. The van der Waals surface area contributed by atoms with Crippen LogP contribution in [0.3, 0.4) is 0 Å². The fourth-order valence-electron chi connectivity index (χ4n) is 5.50. The number of carbonyl (C=O) groups excluding carboxylic acids is 1. The maximum absolute atomic E-state index is 12.6. The Balaban J connectivity index is 0.000000241. The molecule has 1 aromatic carbocycles. The van der Waals surface area contributed by atoms with Crippen molar-refractivity contribution in [3.05, 3.63) is 28.8 Å². The van der Waals surface area contributed by atoms with Crippen LogP contribution in [0.4, 0.5) is 0 Å². The van der Waals surface area contributed by atoms with E-state index < -0.39 is 10.0 Å². The molecule has 0 radical (unpaired) electrons. The lowest BCUT2D eigenvalue weighted by Gasteiger charge is -2.33. The van der Waals surface area contributed by atoms with E-state index in [0.717, 1.165) is 69.6 Å². The molecular formula is C30H54N4O4S. The molecule has 0 atom stereocenters. The minimum absolute atomic E-state index is 0.515. The summed E-state index contributed by atoms with van der Waals surface area (Å²) in [5, 5.41) is 0. The molecule has 3 fully saturated rings. The van der Waals surface area contributed by atoms with E-state index in [9.17, 15) is 13.2 Å². The third kappa shape index (κ3) is 11.1. The highest BCUT2D eigenvalue weighted by atomic mass is 32.2. The zero-order chi connectivity index (χ0) is 28.7. The van der Waals surface area contributed by atoms with E-state index in [1.165, 1.54) is 57.4 Å². The molecule has 0 spiro atoms. The van der Waals surface area contributed by atoms with E-state index >= 15 is 0 Å². The topological polar surface area (TPSA) is 73.4 Å².